The first-order valence-electron chi connectivity index (χ1n) is 8.24. The lowest BCUT2D eigenvalue weighted by molar-refractivity contribution is -0.140. The van der Waals surface area contributed by atoms with Crippen LogP contribution >= 0.6 is 0 Å². The number of hydrogen-bond acceptors (Lipinski definition) is 5. The summed E-state index contributed by atoms with van der Waals surface area (Å²) in [5.41, 5.74) is 1.37. The van der Waals surface area contributed by atoms with Crippen molar-refractivity contribution in [2.45, 2.75) is 50.6 Å². The van der Waals surface area contributed by atoms with E-state index in [1.165, 1.54) is 19.3 Å². The van der Waals surface area contributed by atoms with Gasteiger partial charge in [-0.25, -0.2) is 4.79 Å². The normalized spacial score (nSPS) is 20.3. The number of carbonyl (C=O) groups is 4. The van der Waals surface area contributed by atoms with Crippen molar-refractivity contribution in [3.05, 3.63) is 24.2 Å². The number of carbonyl (C=O) groups excluding carboxylic acids is 4. The topological polar surface area (TPSA) is 121 Å². The van der Waals surface area contributed by atoms with E-state index in [0.717, 1.165) is 19.3 Å². The number of nitrogens with one attached hydrogen (secondary N) is 3. The number of imide groups is 1. The van der Waals surface area contributed by atoms with Gasteiger partial charge < -0.3 is 15.1 Å². The van der Waals surface area contributed by atoms with Crippen molar-refractivity contribution in [3.63, 3.8) is 0 Å². The van der Waals surface area contributed by atoms with Gasteiger partial charge in [0.1, 0.15) is 11.6 Å². The van der Waals surface area contributed by atoms with Gasteiger partial charge in [0.05, 0.1) is 6.26 Å². The first kappa shape index (κ1) is 17.0. The van der Waals surface area contributed by atoms with Crippen LogP contribution in [0.25, 0.3) is 0 Å². The van der Waals surface area contributed by atoms with E-state index < -0.39 is 35.3 Å². The zero-order valence-corrected chi connectivity index (χ0v) is 13.8. The maximum Gasteiger partial charge on any atom is 0.344 e. The number of nitrogens with zero attached hydrogens (tertiary/aromatic N) is 1. The van der Waals surface area contributed by atoms with Gasteiger partial charge in [0.25, 0.3) is 17.7 Å². The van der Waals surface area contributed by atoms with Crippen LogP contribution < -0.4 is 16.1 Å². The molecule has 25 heavy (non-hydrogen) atoms. The molecule has 1 saturated heterocycles. The maximum absolute atomic E-state index is 12.6. The lowest BCUT2D eigenvalue weighted by Crippen LogP contribution is -2.54. The Balaban J connectivity index is 1.61. The molecule has 1 spiro atoms. The highest BCUT2D eigenvalue weighted by molar-refractivity contribution is 6.08. The SMILES string of the molecule is C[C@@H](NC(=O)c1ccco1)C(=O)NN1C(=O)NC2(CCCCC2)C1=O. The van der Waals surface area contributed by atoms with Crippen molar-refractivity contribution in [2.24, 2.45) is 0 Å². The van der Waals surface area contributed by atoms with E-state index in [9.17, 15) is 19.2 Å². The van der Waals surface area contributed by atoms with Crippen LogP contribution in [0.4, 0.5) is 4.79 Å². The van der Waals surface area contributed by atoms with E-state index in [0.29, 0.717) is 17.9 Å². The smallest absolute Gasteiger partial charge is 0.344 e. The maximum atomic E-state index is 12.6. The molecule has 0 bridgehead atoms. The lowest BCUT2D eigenvalue weighted by atomic mass is 9.82. The number of furan rings is 1. The van der Waals surface area contributed by atoms with Gasteiger partial charge in [-0.2, -0.15) is 5.01 Å². The van der Waals surface area contributed by atoms with Crippen LogP contribution in [0.1, 0.15) is 49.6 Å². The fraction of sp³-hybridized carbons (Fsp3) is 0.500. The summed E-state index contributed by atoms with van der Waals surface area (Å²) in [5.74, 6) is -1.62. The van der Waals surface area contributed by atoms with Crippen LogP contribution in [-0.2, 0) is 9.59 Å². The predicted molar refractivity (Wildman–Crippen MR) is 85.0 cm³/mol. The number of hydrazine groups is 1. The van der Waals surface area contributed by atoms with E-state index in [-0.39, 0.29) is 5.76 Å². The van der Waals surface area contributed by atoms with Crippen LogP contribution in [0.3, 0.4) is 0 Å². The average molecular weight is 348 g/mol. The molecule has 9 heteroatoms. The Morgan fingerprint density at radius 3 is 2.64 bits per heavy atom. The second-order valence-electron chi connectivity index (χ2n) is 6.36. The van der Waals surface area contributed by atoms with Crippen LogP contribution in [0.2, 0.25) is 0 Å². The molecule has 2 aliphatic rings. The molecule has 1 aromatic heterocycles. The fourth-order valence-electron chi connectivity index (χ4n) is 3.16. The molecule has 134 valence electrons. The highest BCUT2D eigenvalue weighted by Crippen LogP contribution is 2.32. The molecule has 1 saturated carbocycles. The van der Waals surface area contributed by atoms with E-state index in [4.69, 9.17) is 4.42 Å². The molecule has 1 aliphatic carbocycles. The minimum absolute atomic E-state index is 0.0656. The standard InChI is InChI=1S/C16H20N4O5/c1-10(17-13(22)11-6-5-9-25-11)12(21)19-20-14(23)16(18-15(20)24)7-3-2-4-8-16/h5-6,9-10H,2-4,7-8H2,1H3,(H,17,22)(H,18,24)(H,19,21)/t10-/m1/s1. The van der Waals surface area contributed by atoms with Crippen molar-refractivity contribution < 1.29 is 23.6 Å². The number of urea groups is 1. The third kappa shape index (κ3) is 3.21. The average Bonchev–Trinajstić information content (AvgIpc) is 3.20. The monoisotopic (exact) mass is 348 g/mol. The van der Waals surface area contributed by atoms with Crippen molar-refractivity contribution in [1.82, 2.24) is 21.1 Å². The van der Waals surface area contributed by atoms with Crippen LogP contribution in [-0.4, -0.2) is 40.3 Å². The molecular weight excluding hydrogens is 328 g/mol. The molecule has 2 fully saturated rings. The Morgan fingerprint density at radius 1 is 1.28 bits per heavy atom. The van der Waals surface area contributed by atoms with Crippen LogP contribution in [0.5, 0.6) is 0 Å². The van der Waals surface area contributed by atoms with Gasteiger partial charge in [-0.3, -0.25) is 19.8 Å². The van der Waals surface area contributed by atoms with E-state index >= 15 is 0 Å². The first-order chi connectivity index (χ1) is 11.9. The summed E-state index contributed by atoms with van der Waals surface area (Å²) in [5, 5.41) is 5.85. The summed E-state index contributed by atoms with van der Waals surface area (Å²) < 4.78 is 4.95. The molecule has 5 amide bonds. The Hall–Kier alpha value is -2.84. The van der Waals surface area contributed by atoms with Gasteiger partial charge in [0, 0.05) is 0 Å². The number of hydrogen-bond donors (Lipinski definition) is 3. The van der Waals surface area contributed by atoms with Gasteiger partial charge in [0.15, 0.2) is 5.76 Å². The summed E-state index contributed by atoms with van der Waals surface area (Å²) in [7, 11) is 0. The van der Waals surface area contributed by atoms with Gasteiger partial charge in [-0.05, 0) is 31.9 Å². The Kier molecular flexibility index (Phi) is 4.47. The van der Waals surface area contributed by atoms with E-state index in [1.54, 1.807) is 6.07 Å². The summed E-state index contributed by atoms with van der Waals surface area (Å²) in [6, 6.07) is 1.41. The van der Waals surface area contributed by atoms with Gasteiger partial charge >= 0.3 is 6.03 Å². The summed E-state index contributed by atoms with van der Waals surface area (Å²) in [6.07, 6.45) is 5.19. The minimum Gasteiger partial charge on any atom is -0.459 e. The molecule has 2 heterocycles. The number of amides is 5. The summed E-state index contributed by atoms with van der Waals surface area (Å²) in [6.45, 7) is 1.45. The summed E-state index contributed by atoms with van der Waals surface area (Å²) >= 11 is 0. The van der Waals surface area contributed by atoms with Crippen LogP contribution in [0.15, 0.2) is 22.8 Å². The Bertz CT molecular complexity index is 693. The fourth-order valence-corrected chi connectivity index (χ4v) is 3.16. The molecule has 9 nitrogen and oxygen atoms in total. The molecule has 1 aliphatic heterocycles. The molecular formula is C16H20N4O5. The first-order valence-corrected chi connectivity index (χ1v) is 8.24. The lowest BCUT2D eigenvalue weighted by Gasteiger charge is -2.30. The molecule has 0 aromatic carbocycles. The highest BCUT2D eigenvalue weighted by atomic mass is 16.3. The second-order valence-corrected chi connectivity index (χ2v) is 6.36. The zero-order chi connectivity index (χ0) is 18.0. The van der Waals surface area contributed by atoms with Crippen molar-refractivity contribution in [2.75, 3.05) is 0 Å². The molecule has 0 unspecified atom stereocenters. The molecule has 3 rings (SSSR count). The zero-order valence-electron chi connectivity index (χ0n) is 13.8. The van der Waals surface area contributed by atoms with Crippen molar-refractivity contribution in [1.29, 1.82) is 0 Å². The van der Waals surface area contributed by atoms with Gasteiger partial charge in [0.2, 0.25) is 0 Å². The molecule has 1 atom stereocenters. The Labute approximate surface area is 144 Å². The summed E-state index contributed by atoms with van der Waals surface area (Å²) in [4.78, 5) is 48.8. The minimum atomic E-state index is -0.957. The van der Waals surface area contributed by atoms with Crippen molar-refractivity contribution in [3.8, 4) is 0 Å². The molecule has 0 radical (unpaired) electrons. The highest BCUT2D eigenvalue weighted by Gasteiger charge is 2.52. The van der Waals surface area contributed by atoms with E-state index in [1.807, 2.05) is 0 Å². The molecule has 1 aromatic rings. The quantitative estimate of drug-likeness (QED) is 0.691. The largest absolute Gasteiger partial charge is 0.459 e. The van der Waals surface area contributed by atoms with Crippen molar-refractivity contribution >= 4 is 23.8 Å². The third-order valence-electron chi connectivity index (χ3n) is 4.58. The Morgan fingerprint density at radius 2 is 2.00 bits per heavy atom. The third-order valence-corrected chi connectivity index (χ3v) is 4.58. The second kappa shape index (κ2) is 6.58. The van der Waals surface area contributed by atoms with Crippen LogP contribution in [0, 0.1) is 0 Å². The number of rotatable bonds is 4. The van der Waals surface area contributed by atoms with Gasteiger partial charge in [-0.15, -0.1) is 0 Å². The van der Waals surface area contributed by atoms with Gasteiger partial charge in [-0.1, -0.05) is 19.3 Å². The molecule has 3 N–H and O–H groups in total. The van der Waals surface area contributed by atoms with E-state index in [2.05, 4.69) is 16.1 Å². The predicted octanol–water partition coefficient (Wildman–Crippen LogP) is 0.684.